The van der Waals surface area contributed by atoms with E-state index < -0.39 is 0 Å². The van der Waals surface area contributed by atoms with Crippen LogP contribution in [0.5, 0.6) is 0 Å². The third kappa shape index (κ3) is 3.11. The molecule has 0 radical (unpaired) electrons. The van der Waals surface area contributed by atoms with Crippen molar-refractivity contribution in [2.45, 2.75) is 6.92 Å². The normalized spacial score (nSPS) is 15.0. The summed E-state index contributed by atoms with van der Waals surface area (Å²) in [7, 11) is 0. The molecule has 2 aromatic carbocycles. The second-order valence-electron chi connectivity index (χ2n) is 5.55. The molecule has 1 heterocycles. The summed E-state index contributed by atoms with van der Waals surface area (Å²) < 4.78 is 1.02. The van der Waals surface area contributed by atoms with Crippen molar-refractivity contribution >= 4 is 34.2 Å². The average Bonchev–Trinajstić information content (AvgIpc) is 2.55. The van der Waals surface area contributed by atoms with E-state index in [-0.39, 0.29) is 5.91 Å². The molecule has 0 saturated carbocycles. The van der Waals surface area contributed by atoms with Crippen LogP contribution in [-0.4, -0.2) is 37.0 Å². The van der Waals surface area contributed by atoms with Gasteiger partial charge in [0.05, 0.1) is 5.56 Å². The van der Waals surface area contributed by atoms with Gasteiger partial charge in [-0.25, -0.2) is 0 Å². The van der Waals surface area contributed by atoms with E-state index in [4.69, 9.17) is 0 Å². The van der Waals surface area contributed by atoms with Crippen LogP contribution >= 0.6 is 22.6 Å². The van der Waals surface area contributed by atoms with E-state index in [1.165, 1.54) is 11.3 Å². The van der Waals surface area contributed by atoms with Gasteiger partial charge in [0.2, 0.25) is 0 Å². The predicted molar refractivity (Wildman–Crippen MR) is 98.5 cm³/mol. The van der Waals surface area contributed by atoms with Gasteiger partial charge in [0.1, 0.15) is 0 Å². The zero-order valence-corrected chi connectivity index (χ0v) is 14.8. The number of carbonyl (C=O) groups is 1. The smallest absolute Gasteiger partial charge is 0.255 e. The van der Waals surface area contributed by atoms with Gasteiger partial charge in [-0.2, -0.15) is 0 Å². The van der Waals surface area contributed by atoms with Crippen molar-refractivity contribution in [3.05, 3.63) is 63.2 Å². The Kier molecular flexibility index (Phi) is 4.66. The molecular weight excluding hydrogens is 387 g/mol. The Hall–Kier alpha value is -1.56. The summed E-state index contributed by atoms with van der Waals surface area (Å²) in [5.41, 5.74) is 3.39. The summed E-state index contributed by atoms with van der Waals surface area (Å²) in [6.07, 6.45) is 0. The van der Waals surface area contributed by atoms with E-state index in [0.29, 0.717) is 0 Å². The van der Waals surface area contributed by atoms with E-state index in [2.05, 4.69) is 58.7 Å². The predicted octanol–water partition coefficient (Wildman–Crippen LogP) is 3.56. The van der Waals surface area contributed by atoms with Crippen molar-refractivity contribution in [1.82, 2.24) is 4.90 Å². The van der Waals surface area contributed by atoms with Gasteiger partial charge >= 0.3 is 0 Å². The number of para-hydroxylation sites is 1. The molecule has 3 nitrogen and oxygen atoms in total. The summed E-state index contributed by atoms with van der Waals surface area (Å²) in [6, 6.07) is 16.2. The zero-order valence-electron chi connectivity index (χ0n) is 12.6. The van der Waals surface area contributed by atoms with Crippen molar-refractivity contribution in [3.63, 3.8) is 0 Å². The monoisotopic (exact) mass is 406 g/mol. The molecular formula is C18H19IN2O. The Balaban J connectivity index is 1.68. The second kappa shape index (κ2) is 6.69. The lowest BCUT2D eigenvalue weighted by Gasteiger charge is -2.37. The fourth-order valence-corrected chi connectivity index (χ4v) is 3.49. The summed E-state index contributed by atoms with van der Waals surface area (Å²) in [6.45, 7) is 5.47. The highest BCUT2D eigenvalue weighted by Crippen LogP contribution is 2.22. The maximum Gasteiger partial charge on any atom is 0.255 e. The van der Waals surface area contributed by atoms with E-state index in [1.54, 1.807) is 0 Å². The Morgan fingerprint density at radius 1 is 0.955 bits per heavy atom. The van der Waals surface area contributed by atoms with Crippen LogP contribution in [-0.2, 0) is 0 Å². The van der Waals surface area contributed by atoms with E-state index in [9.17, 15) is 4.79 Å². The van der Waals surface area contributed by atoms with Crippen LogP contribution in [0.3, 0.4) is 0 Å². The maximum atomic E-state index is 12.6. The zero-order chi connectivity index (χ0) is 15.5. The number of hydrogen-bond donors (Lipinski definition) is 0. The lowest BCUT2D eigenvalue weighted by Crippen LogP contribution is -2.49. The molecule has 1 saturated heterocycles. The van der Waals surface area contributed by atoms with E-state index in [1.807, 2.05) is 29.2 Å². The van der Waals surface area contributed by atoms with Crippen LogP contribution in [0.2, 0.25) is 0 Å². The van der Waals surface area contributed by atoms with Gasteiger partial charge in [-0.05, 0) is 53.3 Å². The van der Waals surface area contributed by atoms with E-state index in [0.717, 1.165) is 35.3 Å². The van der Waals surface area contributed by atoms with Crippen molar-refractivity contribution in [2.24, 2.45) is 0 Å². The van der Waals surface area contributed by atoms with Gasteiger partial charge in [-0.15, -0.1) is 0 Å². The molecule has 0 atom stereocenters. The molecule has 0 bridgehead atoms. The standard InChI is InChI=1S/C18H19IN2O/c1-14-6-2-5-9-17(14)20-10-12-21(13-11-20)18(22)15-7-3-4-8-16(15)19/h2-9H,10-13H2,1H3. The molecule has 0 N–H and O–H groups in total. The van der Waals surface area contributed by atoms with Crippen molar-refractivity contribution in [1.29, 1.82) is 0 Å². The minimum absolute atomic E-state index is 0.148. The Morgan fingerprint density at radius 2 is 1.59 bits per heavy atom. The summed E-state index contributed by atoms with van der Waals surface area (Å²) in [5.74, 6) is 0.148. The van der Waals surface area contributed by atoms with Gasteiger partial charge in [0.25, 0.3) is 5.91 Å². The SMILES string of the molecule is Cc1ccccc1N1CCN(C(=O)c2ccccc2I)CC1. The van der Waals surface area contributed by atoms with Crippen LogP contribution < -0.4 is 4.90 Å². The third-order valence-electron chi connectivity index (χ3n) is 4.13. The molecule has 22 heavy (non-hydrogen) atoms. The summed E-state index contributed by atoms with van der Waals surface area (Å²) in [5, 5.41) is 0. The topological polar surface area (TPSA) is 23.6 Å². The Bertz CT molecular complexity index is 678. The van der Waals surface area contributed by atoms with E-state index >= 15 is 0 Å². The number of halogens is 1. The molecule has 1 fully saturated rings. The number of anilines is 1. The number of nitrogens with zero attached hydrogens (tertiary/aromatic N) is 2. The molecule has 0 spiro atoms. The number of amides is 1. The van der Waals surface area contributed by atoms with Gasteiger partial charge < -0.3 is 9.80 Å². The van der Waals surface area contributed by atoms with Crippen LogP contribution in [0.15, 0.2) is 48.5 Å². The van der Waals surface area contributed by atoms with Gasteiger partial charge in [-0.3, -0.25) is 4.79 Å². The maximum absolute atomic E-state index is 12.6. The molecule has 2 aromatic rings. The molecule has 4 heteroatoms. The van der Waals surface area contributed by atoms with Crippen LogP contribution in [0.4, 0.5) is 5.69 Å². The molecule has 1 amide bonds. The van der Waals surface area contributed by atoms with Crippen LogP contribution in [0.1, 0.15) is 15.9 Å². The number of carbonyl (C=O) groups excluding carboxylic acids is 1. The quantitative estimate of drug-likeness (QED) is 0.713. The molecule has 1 aliphatic heterocycles. The minimum atomic E-state index is 0.148. The second-order valence-corrected chi connectivity index (χ2v) is 6.71. The highest BCUT2D eigenvalue weighted by atomic mass is 127. The first-order chi connectivity index (χ1) is 10.7. The lowest BCUT2D eigenvalue weighted by molar-refractivity contribution is 0.0745. The first-order valence-electron chi connectivity index (χ1n) is 7.51. The highest BCUT2D eigenvalue weighted by Gasteiger charge is 2.23. The van der Waals surface area contributed by atoms with Crippen molar-refractivity contribution in [2.75, 3.05) is 31.1 Å². The summed E-state index contributed by atoms with van der Waals surface area (Å²) in [4.78, 5) is 17.0. The molecule has 1 aliphatic rings. The minimum Gasteiger partial charge on any atom is -0.368 e. The fraction of sp³-hybridized carbons (Fsp3) is 0.278. The lowest BCUT2D eigenvalue weighted by atomic mass is 10.1. The number of aryl methyl sites for hydroxylation is 1. The van der Waals surface area contributed by atoms with Crippen LogP contribution in [0.25, 0.3) is 0 Å². The number of rotatable bonds is 2. The van der Waals surface area contributed by atoms with Crippen molar-refractivity contribution in [3.8, 4) is 0 Å². The Morgan fingerprint density at radius 3 is 2.27 bits per heavy atom. The van der Waals surface area contributed by atoms with Crippen molar-refractivity contribution < 1.29 is 4.79 Å². The first kappa shape index (κ1) is 15.3. The first-order valence-corrected chi connectivity index (χ1v) is 8.59. The molecule has 0 unspecified atom stereocenters. The van der Waals surface area contributed by atoms with Gasteiger partial charge in [0, 0.05) is 35.4 Å². The highest BCUT2D eigenvalue weighted by molar-refractivity contribution is 14.1. The molecule has 0 aromatic heterocycles. The molecule has 114 valence electrons. The Labute approximate surface area is 145 Å². The molecule has 0 aliphatic carbocycles. The average molecular weight is 406 g/mol. The number of hydrogen-bond acceptors (Lipinski definition) is 2. The fourth-order valence-electron chi connectivity index (χ4n) is 2.87. The van der Waals surface area contributed by atoms with Gasteiger partial charge in [0.15, 0.2) is 0 Å². The third-order valence-corrected chi connectivity index (χ3v) is 5.07. The largest absolute Gasteiger partial charge is 0.368 e. The molecule has 3 rings (SSSR count). The number of piperazine rings is 1. The van der Waals surface area contributed by atoms with Gasteiger partial charge in [-0.1, -0.05) is 30.3 Å². The number of benzene rings is 2. The summed E-state index contributed by atoms with van der Waals surface area (Å²) >= 11 is 2.23. The van der Waals surface area contributed by atoms with Crippen LogP contribution in [0, 0.1) is 10.5 Å².